The standard InChI is InChI=1S/C20H19N3O2S/c24-18(13-25-17-12-6-10-14-7-4-5-11-16(14)17)21-20-23-22-19(26-20)15-8-2-1-3-9-15/h1-3,6,8-10,12H,4-5,7,11,13H2,(H,21,23,24). The van der Waals surface area contributed by atoms with Gasteiger partial charge < -0.3 is 4.74 Å². The predicted molar refractivity (Wildman–Crippen MR) is 103 cm³/mol. The zero-order chi connectivity index (χ0) is 17.8. The van der Waals surface area contributed by atoms with E-state index in [0.717, 1.165) is 29.2 Å². The van der Waals surface area contributed by atoms with Crippen LogP contribution in [0, 0.1) is 0 Å². The fourth-order valence-corrected chi connectivity index (χ4v) is 3.92. The van der Waals surface area contributed by atoms with Gasteiger partial charge in [-0.25, -0.2) is 0 Å². The van der Waals surface area contributed by atoms with Crippen molar-refractivity contribution in [3.8, 4) is 16.3 Å². The Morgan fingerprint density at radius 2 is 1.88 bits per heavy atom. The van der Waals surface area contributed by atoms with Gasteiger partial charge in [0, 0.05) is 5.56 Å². The van der Waals surface area contributed by atoms with Crippen LogP contribution < -0.4 is 10.1 Å². The van der Waals surface area contributed by atoms with Gasteiger partial charge in [-0.05, 0) is 42.9 Å². The van der Waals surface area contributed by atoms with Crippen molar-refractivity contribution in [1.29, 1.82) is 0 Å². The number of rotatable bonds is 5. The third-order valence-electron chi connectivity index (χ3n) is 4.40. The van der Waals surface area contributed by atoms with Crippen molar-refractivity contribution < 1.29 is 9.53 Å². The molecule has 5 nitrogen and oxygen atoms in total. The summed E-state index contributed by atoms with van der Waals surface area (Å²) in [6.07, 6.45) is 4.50. The lowest BCUT2D eigenvalue weighted by molar-refractivity contribution is -0.118. The van der Waals surface area contributed by atoms with Gasteiger partial charge >= 0.3 is 0 Å². The summed E-state index contributed by atoms with van der Waals surface area (Å²) in [6.45, 7) is -0.0310. The molecule has 1 aliphatic carbocycles. The van der Waals surface area contributed by atoms with E-state index in [1.807, 2.05) is 42.5 Å². The molecule has 1 heterocycles. The van der Waals surface area contributed by atoms with Gasteiger partial charge in [-0.2, -0.15) is 0 Å². The third-order valence-corrected chi connectivity index (χ3v) is 5.29. The van der Waals surface area contributed by atoms with Crippen LogP contribution in [0.5, 0.6) is 5.75 Å². The summed E-state index contributed by atoms with van der Waals surface area (Å²) in [6, 6.07) is 15.9. The second kappa shape index (κ2) is 7.66. The molecule has 0 fully saturated rings. The molecule has 6 heteroatoms. The summed E-state index contributed by atoms with van der Waals surface area (Å²) in [4.78, 5) is 12.2. The van der Waals surface area contributed by atoms with Crippen LogP contribution in [0.2, 0.25) is 0 Å². The van der Waals surface area contributed by atoms with Crippen molar-refractivity contribution in [1.82, 2.24) is 10.2 Å². The van der Waals surface area contributed by atoms with Gasteiger partial charge in [0.1, 0.15) is 10.8 Å². The van der Waals surface area contributed by atoms with Gasteiger partial charge in [-0.15, -0.1) is 10.2 Å². The van der Waals surface area contributed by atoms with Crippen LogP contribution in [0.25, 0.3) is 10.6 Å². The van der Waals surface area contributed by atoms with E-state index in [1.165, 1.54) is 35.3 Å². The number of amides is 1. The van der Waals surface area contributed by atoms with E-state index in [0.29, 0.717) is 5.13 Å². The van der Waals surface area contributed by atoms with Crippen molar-refractivity contribution in [2.75, 3.05) is 11.9 Å². The van der Waals surface area contributed by atoms with Crippen molar-refractivity contribution in [3.05, 3.63) is 59.7 Å². The van der Waals surface area contributed by atoms with Gasteiger partial charge in [-0.1, -0.05) is 53.8 Å². The number of nitrogens with zero attached hydrogens (tertiary/aromatic N) is 2. The smallest absolute Gasteiger partial charge is 0.264 e. The highest BCUT2D eigenvalue weighted by molar-refractivity contribution is 7.18. The lowest BCUT2D eigenvalue weighted by Crippen LogP contribution is -2.20. The Morgan fingerprint density at radius 3 is 2.77 bits per heavy atom. The van der Waals surface area contributed by atoms with E-state index in [1.54, 1.807) is 0 Å². The first-order valence-corrected chi connectivity index (χ1v) is 9.53. The zero-order valence-electron chi connectivity index (χ0n) is 14.3. The minimum atomic E-state index is -0.228. The average Bonchev–Trinajstić information content (AvgIpc) is 3.15. The highest BCUT2D eigenvalue weighted by atomic mass is 32.1. The fraction of sp³-hybridized carbons (Fsp3) is 0.250. The minimum absolute atomic E-state index is 0.0310. The van der Waals surface area contributed by atoms with Gasteiger partial charge in [0.25, 0.3) is 5.91 Å². The highest BCUT2D eigenvalue weighted by Crippen LogP contribution is 2.29. The van der Waals surface area contributed by atoms with E-state index in [2.05, 4.69) is 21.6 Å². The molecule has 0 saturated carbocycles. The summed E-state index contributed by atoms with van der Waals surface area (Å²) in [5.41, 5.74) is 3.57. The van der Waals surface area contributed by atoms with E-state index in [4.69, 9.17) is 4.74 Å². The summed E-state index contributed by atoms with van der Waals surface area (Å²) in [7, 11) is 0. The van der Waals surface area contributed by atoms with Gasteiger partial charge in [0.15, 0.2) is 6.61 Å². The van der Waals surface area contributed by atoms with Crippen LogP contribution in [0.1, 0.15) is 24.0 Å². The maximum Gasteiger partial charge on any atom is 0.264 e. The van der Waals surface area contributed by atoms with E-state index < -0.39 is 0 Å². The predicted octanol–water partition coefficient (Wildman–Crippen LogP) is 4.10. The SMILES string of the molecule is O=C(COc1cccc2c1CCCC2)Nc1nnc(-c2ccccc2)s1. The Balaban J connectivity index is 1.37. The molecule has 1 amide bonds. The Bertz CT molecular complexity index is 908. The van der Waals surface area contributed by atoms with E-state index in [9.17, 15) is 4.79 Å². The average molecular weight is 365 g/mol. The number of fused-ring (bicyclic) bond motifs is 1. The van der Waals surface area contributed by atoms with Crippen LogP contribution >= 0.6 is 11.3 Å². The van der Waals surface area contributed by atoms with Crippen LogP contribution in [-0.4, -0.2) is 22.7 Å². The molecule has 132 valence electrons. The lowest BCUT2D eigenvalue weighted by atomic mass is 9.91. The molecule has 0 bridgehead atoms. The molecule has 0 saturated heterocycles. The normalized spacial score (nSPS) is 13.1. The molecular formula is C20H19N3O2S. The molecule has 0 aliphatic heterocycles. The van der Waals surface area contributed by atoms with Crippen molar-refractivity contribution >= 4 is 22.4 Å². The van der Waals surface area contributed by atoms with Crippen LogP contribution in [0.3, 0.4) is 0 Å². The number of ether oxygens (including phenoxy) is 1. The zero-order valence-corrected chi connectivity index (χ0v) is 15.1. The first-order chi connectivity index (χ1) is 12.8. The molecule has 0 unspecified atom stereocenters. The number of aryl methyl sites for hydroxylation is 1. The van der Waals surface area contributed by atoms with Gasteiger partial charge in [0.2, 0.25) is 5.13 Å². The van der Waals surface area contributed by atoms with Crippen LogP contribution in [0.4, 0.5) is 5.13 Å². The number of benzene rings is 2. The second-order valence-electron chi connectivity index (χ2n) is 6.22. The quantitative estimate of drug-likeness (QED) is 0.739. The van der Waals surface area contributed by atoms with Crippen LogP contribution in [-0.2, 0) is 17.6 Å². The monoisotopic (exact) mass is 365 g/mol. The first kappa shape index (κ1) is 16.7. The molecule has 3 aromatic rings. The van der Waals surface area contributed by atoms with Gasteiger partial charge in [0.05, 0.1) is 0 Å². The van der Waals surface area contributed by atoms with Gasteiger partial charge in [-0.3, -0.25) is 10.1 Å². The highest BCUT2D eigenvalue weighted by Gasteiger charge is 2.15. The third kappa shape index (κ3) is 3.75. The molecule has 2 aromatic carbocycles. The van der Waals surface area contributed by atoms with Crippen LogP contribution in [0.15, 0.2) is 48.5 Å². The largest absolute Gasteiger partial charge is 0.483 e. The molecule has 1 N–H and O–H groups in total. The summed E-state index contributed by atoms with van der Waals surface area (Å²) in [5.74, 6) is 0.591. The molecular weight excluding hydrogens is 346 g/mol. The number of anilines is 1. The Morgan fingerprint density at radius 1 is 1.04 bits per heavy atom. The summed E-state index contributed by atoms with van der Waals surface area (Å²) >= 11 is 1.35. The summed E-state index contributed by atoms with van der Waals surface area (Å²) in [5, 5.41) is 12.2. The molecule has 1 aromatic heterocycles. The molecule has 26 heavy (non-hydrogen) atoms. The number of carbonyl (C=O) groups is 1. The Hall–Kier alpha value is -2.73. The molecule has 0 radical (unpaired) electrons. The molecule has 0 atom stereocenters. The van der Waals surface area contributed by atoms with Crippen molar-refractivity contribution in [2.45, 2.75) is 25.7 Å². The minimum Gasteiger partial charge on any atom is -0.483 e. The number of hydrogen-bond acceptors (Lipinski definition) is 5. The van der Waals surface area contributed by atoms with Crippen molar-refractivity contribution in [3.63, 3.8) is 0 Å². The Labute approximate surface area is 156 Å². The van der Waals surface area contributed by atoms with E-state index >= 15 is 0 Å². The second-order valence-corrected chi connectivity index (χ2v) is 7.19. The number of nitrogens with one attached hydrogen (secondary N) is 1. The van der Waals surface area contributed by atoms with Crippen molar-refractivity contribution in [2.24, 2.45) is 0 Å². The number of carbonyl (C=O) groups excluding carboxylic acids is 1. The van der Waals surface area contributed by atoms with E-state index in [-0.39, 0.29) is 12.5 Å². The summed E-state index contributed by atoms with van der Waals surface area (Å²) < 4.78 is 5.77. The Kier molecular flexibility index (Phi) is 4.93. The molecule has 4 rings (SSSR count). The maximum atomic E-state index is 12.2. The number of aromatic nitrogens is 2. The fourth-order valence-electron chi connectivity index (χ4n) is 3.15. The number of hydrogen-bond donors (Lipinski definition) is 1. The molecule has 0 spiro atoms. The lowest BCUT2D eigenvalue weighted by Gasteiger charge is -2.19. The first-order valence-electron chi connectivity index (χ1n) is 8.72. The topological polar surface area (TPSA) is 64.1 Å². The molecule has 1 aliphatic rings. The maximum absolute atomic E-state index is 12.2.